The summed E-state index contributed by atoms with van der Waals surface area (Å²) in [6.45, 7) is 14.5. The molecule has 0 spiro atoms. The summed E-state index contributed by atoms with van der Waals surface area (Å²) in [5, 5.41) is 10.5. The molecule has 0 amide bonds. The van der Waals surface area contributed by atoms with Crippen molar-refractivity contribution >= 4 is 12.4 Å². The van der Waals surface area contributed by atoms with Gasteiger partial charge >= 0.3 is 0 Å². The van der Waals surface area contributed by atoms with Crippen molar-refractivity contribution in [3.05, 3.63) is 35.9 Å². The smallest absolute Gasteiger partial charge is 0.121 e. The molecule has 0 saturated carbocycles. The third-order valence-corrected chi connectivity index (χ3v) is 4.15. The SMILES string of the molecule is C=C(/N=C\C=N)N(CC)CCN(C)/C(C)=C(/C=C\CCC)NCCCN. The minimum atomic E-state index is 0.690. The van der Waals surface area contributed by atoms with Crippen molar-refractivity contribution in [3.8, 4) is 0 Å². The highest BCUT2D eigenvalue weighted by Gasteiger charge is 2.09. The normalized spacial score (nSPS) is 12.3. The summed E-state index contributed by atoms with van der Waals surface area (Å²) >= 11 is 0. The molecule has 0 heterocycles. The summed E-state index contributed by atoms with van der Waals surface area (Å²) in [5.41, 5.74) is 7.97. The Balaban J connectivity index is 4.95. The molecule has 0 radical (unpaired) electrons. The van der Waals surface area contributed by atoms with Crippen LogP contribution in [0.15, 0.2) is 40.9 Å². The summed E-state index contributed by atoms with van der Waals surface area (Å²) in [5.74, 6) is 0.690. The van der Waals surface area contributed by atoms with E-state index in [4.69, 9.17) is 11.1 Å². The van der Waals surface area contributed by atoms with E-state index in [9.17, 15) is 0 Å². The lowest BCUT2D eigenvalue weighted by Gasteiger charge is -2.28. The summed E-state index contributed by atoms with van der Waals surface area (Å²) < 4.78 is 0. The van der Waals surface area contributed by atoms with Gasteiger partial charge in [-0.3, -0.25) is 0 Å². The van der Waals surface area contributed by atoms with Crippen molar-refractivity contribution in [2.45, 2.75) is 40.0 Å². The van der Waals surface area contributed by atoms with Crippen molar-refractivity contribution in [2.24, 2.45) is 10.7 Å². The lowest BCUT2D eigenvalue weighted by Crippen LogP contribution is -2.33. The summed E-state index contributed by atoms with van der Waals surface area (Å²) in [6.07, 6.45) is 10.2. The third-order valence-electron chi connectivity index (χ3n) is 4.15. The highest BCUT2D eigenvalue weighted by Crippen LogP contribution is 2.10. The maximum atomic E-state index is 7.04. The number of nitrogens with two attached hydrogens (primary N) is 1. The van der Waals surface area contributed by atoms with Gasteiger partial charge in [-0.15, -0.1) is 0 Å². The van der Waals surface area contributed by atoms with E-state index in [1.165, 1.54) is 18.1 Å². The molecule has 0 aliphatic heterocycles. The molecule has 26 heavy (non-hydrogen) atoms. The van der Waals surface area contributed by atoms with Gasteiger partial charge in [-0.1, -0.05) is 26.0 Å². The quantitative estimate of drug-likeness (QED) is 0.238. The molecule has 0 aromatic carbocycles. The van der Waals surface area contributed by atoms with Crippen molar-refractivity contribution in [1.82, 2.24) is 15.1 Å². The average molecular weight is 363 g/mol. The fourth-order valence-corrected chi connectivity index (χ4v) is 2.32. The number of allylic oxidation sites excluding steroid dienone is 3. The molecular formula is C20H38N6. The number of aliphatic imine (C=N–C) groups is 1. The van der Waals surface area contributed by atoms with E-state index >= 15 is 0 Å². The van der Waals surface area contributed by atoms with Gasteiger partial charge in [0, 0.05) is 51.4 Å². The van der Waals surface area contributed by atoms with Gasteiger partial charge in [0.1, 0.15) is 5.82 Å². The monoisotopic (exact) mass is 362 g/mol. The number of likely N-dealkylation sites (N-methyl/N-ethyl adjacent to an activating group) is 2. The van der Waals surface area contributed by atoms with Gasteiger partial charge < -0.3 is 26.3 Å². The standard InChI is InChI=1S/C20H38N6/c1-6-8-9-11-20(24-14-10-12-21)18(3)25(5)16-17-26(7-2)19(4)23-15-13-22/h9,11,13,15,22,24H,4,6-8,10,12,14,16-17,21H2,1-3,5H3/b11-9-,20-18-,22-13?,23-15-. The average Bonchev–Trinajstić information content (AvgIpc) is 2.65. The number of rotatable bonds is 15. The van der Waals surface area contributed by atoms with Crippen LogP contribution in [0.4, 0.5) is 0 Å². The fraction of sp³-hybridized carbons (Fsp3) is 0.600. The Morgan fingerprint density at radius 3 is 2.62 bits per heavy atom. The topological polar surface area (TPSA) is 80.7 Å². The zero-order valence-electron chi connectivity index (χ0n) is 17.1. The zero-order chi connectivity index (χ0) is 19.8. The molecule has 0 aromatic heterocycles. The van der Waals surface area contributed by atoms with Gasteiger partial charge in [-0.2, -0.15) is 0 Å². The van der Waals surface area contributed by atoms with E-state index in [0.717, 1.165) is 51.1 Å². The Morgan fingerprint density at radius 1 is 1.31 bits per heavy atom. The lowest BCUT2D eigenvalue weighted by molar-refractivity contribution is 0.300. The molecule has 0 atom stereocenters. The van der Waals surface area contributed by atoms with E-state index in [-0.39, 0.29) is 0 Å². The van der Waals surface area contributed by atoms with Gasteiger partial charge in [-0.05, 0) is 39.3 Å². The van der Waals surface area contributed by atoms with Crippen LogP contribution >= 0.6 is 0 Å². The predicted octanol–water partition coefficient (Wildman–Crippen LogP) is 2.96. The van der Waals surface area contributed by atoms with E-state index in [0.29, 0.717) is 12.4 Å². The molecule has 6 heteroatoms. The number of nitrogens with zero attached hydrogens (tertiary/aromatic N) is 3. The number of hydrogen-bond acceptors (Lipinski definition) is 6. The summed E-state index contributed by atoms with van der Waals surface area (Å²) in [6, 6.07) is 0. The molecule has 0 bridgehead atoms. The molecule has 0 aromatic rings. The van der Waals surface area contributed by atoms with Crippen molar-refractivity contribution in [3.63, 3.8) is 0 Å². The van der Waals surface area contributed by atoms with E-state index < -0.39 is 0 Å². The Hall–Kier alpha value is -2.08. The first-order chi connectivity index (χ1) is 12.5. The van der Waals surface area contributed by atoms with Crippen LogP contribution in [0.1, 0.15) is 40.0 Å². The molecule has 148 valence electrons. The number of hydrogen-bond donors (Lipinski definition) is 3. The largest absolute Gasteiger partial charge is 0.384 e. The minimum Gasteiger partial charge on any atom is -0.384 e. The Morgan fingerprint density at radius 2 is 2.04 bits per heavy atom. The second kappa shape index (κ2) is 15.2. The first-order valence-electron chi connectivity index (χ1n) is 9.51. The molecule has 0 aliphatic carbocycles. The van der Waals surface area contributed by atoms with Crippen LogP contribution in [-0.4, -0.2) is 62.0 Å². The molecule has 4 N–H and O–H groups in total. The van der Waals surface area contributed by atoms with E-state index in [1.54, 1.807) is 0 Å². The van der Waals surface area contributed by atoms with Crippen LogP contribution in [0.5, 0.6) is 0 Å². The van der Waals surface area contributed by atoms with E-state index in [2.05, 4.69) is 66.7 Å². The van der Waals surface area contributed by atoms with Crippen LogP contribution in [0.3, 0.4) is 0 Å². The second-order valence-electron chi connectivity index (χ2n) is 6.12. The van der Waals surface area contributed by atoms with Crippen LogP contribution < -0.4 is 11.1 Å². The first kappa shape index (κ1) is 23.9. The Kier molecular flexibility index (Phi) is 14.0. The third kappa shape index (κ3) is 10.0. The first-order valence-corrected chi connectivity index (χ1v) is 9.51. The highest BCUT2D eigenvalue weighted by atomic mass is 15.2. The maximum absolute atomic E-state index is 7.04. The van der Waals surface area contributed by atoms with Gasteiger partial charge in [0.05, 0.1) is 5.70 Å². The molecule has 0 aliphatic rings. The lowest BCUT2D eigenvalue weighted by atomic mass is 10.2. The maximum Gasteiger partial charge on any atom is 0.121 e. The summed E-state index contributed by atoms with van der Waals surface area (Å²) in [4.78, 5) is 8.53. The molecule has 0 rings (SSSR count). The molecule has 6 nitrogen and oxygen atoms in total. The Labute approximate surface area is 160 Å². The van der Waals surface area contributed by atoms with E-state index in [1.807, 2.05) is 0 Å². The van der Waals surface area contributed by atoms with Gasteiger partial charge in [-0.25, -0.2) is 4.99 Å². The van der Waals surface area contributed by atoms with Crippen LogP contribution in [0.25, 0.3) is 0 Å². The summed E-state index contributed by atoms with van der Waals surface area (Å²) in [7, 11) is 2.10. The highest BCUT2D eigenvalue weighted by molar-refractivity contribution is 6.14. The van der Waals surface area contributed by atoms with Crippen LogP contribution in [0.2, 0.25) is 0 Å². The van der Waals surface area contributed by atoms with Crippen LogP contribution in [-0.2, 0) is 0 Å². The van der Waals surface area contributed by atoms with Crippen molar-refractivity contribution in [1.29, 1.82) is 5.41 Å². The van der Waals surface area contributed by atoms with Crippen molar-refractivity contribution in [2.75, 3.05) is 39.8 Å². The number of nitrogens with one attached hydrogen (secondary N) is 2. The molecule has 0 fully saturated rings. The fourth-order valence-electron chi connectivity index (χ4n) is 2.32. The van der Waals surface area contributed by atoms with Gasteiger partial charge in [0.2, 0.25) is 0 Å². The minimum absolute atomic E-state index is 0.690. The molecular weight excluding hydrogens is 324 g/mol. The number of unbranched alkanes of at least 4 members (excludes halogenated alkanes) is 1. The second-order valence-corrected chi connectivity index (χ2v) is 6.12. The zero-order valence-corrected chi connectivity index (χ0v) is 17.1. The predicted molar refractivity (Wildman–Crippen MR) is 115 cm³/mol. The Bertz CT molecular complexity index is 493. The van der Waals surface area contributed by atoms with Crippen LogP contribution in [0, 0.1) is 5.41 Å². The van der Waals surface area contributed by atoms with Gasteiger partial charge in [0.15, 0.2) is 0 Å². The molecule has 0 saturated heterocycles. The van der Waals surface area contributed by atoms with Crippen molar-refractivity contribution < 1.29 is 0 Å². The molecule has 0 unspecified atom stereocenters. The van der Waals surface area contributed by atoms with Gasteiger partial charge in [0.25, 0.3) is 0 Å².